The van der Waals surface area contributed by atoms with Crippen molar-refractivity contribution < 1.29 is 4.74 Å². The van der Waals surface area contributed by atoms with Crippen molar-refractivity contribution in [1.29, 1.82) is 0 Å². The van der Waals surface area contributed by atoms with Gasteiger partial charge in [-0.3, -0.25) is 0 Å². The first-order valence-electron chi connectivity index (χ1n) is 5.16. The van der Waals surface area contributed by atoms with E-state index in [4.69, 9.17) is 22.1 Å². The highest BCUT2D eigenvalue weighted by molar-refractivity contribution is 6.32. The minimum atomic E-state index is 0.0321. The van der Waals surface area contributed by atoms with E-state index in [0.717, 1.165) is 30.6 Å². The van der Waals surface area contributed by atoms with Gasteiger partial charge in [-0.05, 0) is 43.4 Å². The molecule has 0 heterocycles. The van der Waals surface area contributed by atoms with E-state index in [1.807, 2.05) is 13.0 Å². The van der Waals surface area contributed by atoms with E-state index in [9.17, 15) is 0 Å². The molecule has 0 bridgehead atoms. The van der Waals surface area contributed by atoms with Gasteiger partial charge in [0.2, 0.25) is 0 Å². The summed E-state index contributed by atoms with van der Waals surface area (Å²) in [6.45, 7) is 2.00. The topological polar surface area (TPSA) is 35.2 Å². The first-order valence-corrected chi connectivity index (χ1v) is 5.54. The fraction of sp³-hybridized carbons (Fsp3) is 0.500. The molecule has 0 aromatic heterocycles. The summed E-state index contributed by atoms with van der Waals surface area (Å²) in [6, 6.07) is 4.07. The van der Waals surface area contributed by atoms with Crippen molar-refractivity contribution >= 4 is 11.6 Å². The third-order valence-electron chi connectivity index (χ3n) is 2.94. The fourth-order valence-electron chi connectivity index (χ4n) is 1.91. The molecule has 0 saturated heterocycles. The zero-order chi connectivity index (χ0) is 11.1. The summed E-state index contributed by atoms with van der Waals surface area (Å²) in [5, 5.41) is 0.678. The first-order chi connectivity index (χ1) is 7.04. The molecule has 0 unspecified atom stereocenters. The summed E-state index contributed by atoms with van der Waals surface area (Å²) in [5.41, 5.74) is 8.39. The number of halogens is 1. The Balaban J connectivity index is 2.26. The van der Waals surface area contributed by atoms with Crippen LogP contribution in [0, 0.1) is 6.92 Å². The number of nitrogens with two attached hydrogens (primary N) is 1. The predicted molar refractivity (Wildman–Crippen MR) is 62.6 cm³/mol. The SMILES string of the molecule is COc1c(C)cc(CC2(N)CC2)cc1Cl. The Hall–Kier alpha value is -0.730. The van der Waals surface area contributed by atoms with E-state index in [2.05, 4.69) is 6.07 Å². The van der Waals surface area contributed by atoms with Gasteiger partial charge in [-0.15, -0.1) is 0 Å². The van der Waals surface area contributed by atoms with Gasteiger partial charge in [0, 0.05) is 5.54 Å². The average molecular weight is 226 g/mol. The quantitative estimate of drug-likeness (QED) is 0.859. The van der Waals surface area contributed by atoms with Gasteiger partial charge >= 0.3 is 0 Å². The Kier molecular flexibility index (Phi) is 2.65. The van der Waals surface area contributed by atoms with Crippen molar-refractivity contribution in [1.82, 2.24) is 0 Å². The molecule has 1 fully saturated rings. The maximum Gasteiger partial charge on any atom is 0.140 e. The number of benzene rings is 1. The number of aryl methyl sites for hydroxylation is 1. The summed E-state index contributed by atoms with van der Waals surface area (Å²) in [5.74, 6) is 0.766. The van der Waals surface area contributed by atoms with Gasteiger partial charge in [-0.25, -0.2) is 0 Å². The molecule has 2 N–H and O–H groups in total. The Morgan fingerprint density at radius 2 is 2.13 bits per heavy atom. The van der Waals surface area contributed by atoms with Gasteiger partial charge < -0.3 is 10.5 Å². The monoisotopic (exact) mass is 225 g/mol. The number of ether oxygens (including phenoxy) is 1. The lowest BCUT2D eigenvalue weighted by molar-refractivity contribution is 0.411. The lowest BCUT2D eigenvalue weighted by atomic mass is 10.0. The lowest BCUT2D eigenvalue weighted by Gasteiger charge is -2.12. The van der Waals surface area contributed by atoms with Crippen molar-refractivity contribution in [2.75, 3.05) is 7.11 Å². The third kappa shape index (κ3) is 2.27. The second kappa shape index (κ2) is 3.69. The van der Waals surface area contributed by atoms with Gasteiger partial charge in [-0.2, -0.15) is 0 Å². The minimum Gasteiger partial charge on any atom is -0.495 e. The van der Waals surface area contributed by atoms with E-state index in [-0.39, 0.29) is 5.54 Å². The van der Waals surface area contributed by atoms with Crippen LogP contribution in [-0.2, 0) is 6.42 Å². The Morgan fingerprint density at radius 3 is 2.60 bits per heavy atom. The lowest BCUT2D eigenvalue weighted by Crippen LogP contribution is -2.24. The van der Waals surface area contributed by atoms with Gasteiger partial charge in [0.15, 0.2) is 0 Å². The predicted octanol–water partition coefficient (Wildman–Crippen LogP) is 2.69. The summed E-state index contributed by atoms with van der Waals surface area (Å²) in [6.07, 6.45) is 3.16. The maximum absolute atomic E-state index is 6.12. The largest absolute Gasteiger partial charge is 0.495 e. The molecular formula is C12H16ClNO. The highest BCUT2D eigenvalue weighted by atomic mass is 35.5. The Morgan fingerprint density at radius 1 is 1.47 bits per heavy atom. The zero-order valence-corrected chi connectivity index (χ0v) is 9.90. The van der Waals surface area contributed by atoms with Gasteiger partial charge in [-0.1, -0.05) is 17.7 Å². The third-order valence-corrected chi connectivity index (χ3v) is 3.22. The molecule has 2 rings (SSSR count). The molecule has 0 spiro atoms. The van der Waals surface area contributed by atoms with Crippen LogP contribution in [0.1, 0.15) is 24.0 Å². The molecule has 1 aliphatic carbocycles. The maximum atomic E-state index is 6.12. The molecule has 1 aliphatic rings. The standard InChI is InChI=1S/C12H16ClNO/c1-8-5-9(7-12(14)3-4-12)6-10(13)11(8)15-2/h5-6H,3-4,7,14H2,1-2H3. The van der Waals surface area contributed by atoms with Crippen molar-refractivity contribution in [3.63, 3.8) is 0 Å². The molecule has 1 saturated carbocycles. The van der Waals surface area contributed by atoms with Crippen LogP contribution in [-0.4, -0.2) is 12.6 Å². The van der Waals surface area contributed by atoms with Gasteiger partial charge in [0.05, 0.1) is 12.1 Å². The number of methoxy groups -OCH3 is 1. The Labute approximate surface area is 95.4 Å². The van der Waals surface area contributed by atoms with Crippen molar-refractivity contribution in [3.8, 4) is 5.75 Å². The molecule has 1 aromatic rings. The van der Waals surface area contributed by atoms with Crippen LogP contribution in [0.3, 0.4) is 0 Å². The molecule has 2 nitrogen and oxygen atoms in total. The molecule has 3 heteroatoms. The smallest absolute Gasteiger partial charge is 0.140 e. The van der Waals surface area contributed by atoms with Crippen molar-refractivity contribution in [2.45, 2.75) is 31.7 Å². The van der Waals surface area contributed by atoms with Crippen LogP contribution in [0.2, 0.25) is 5.02 Å². The normalized spacial score (nSPS) is 17.6. The molecule has 82 valence electrons. The molecule has 15 heavy (non-hydrogen) atoms. The van der Waals surface area contributed by atoms with Crippen LogP contribution in [0.15, 0.2) is 12.1 Å². The highest BCUT2D eigenvalue weighted by Gasteiger charge is 2.38. The molecule has 0 atom stereocenters. The molecule has 0 aliphatic heterocycles. The Bertz CT molecular complexity index is 362. The summed E-state index contributed by atoms with van der Waals surface area (Å²) >= 11 is 6.12. The highest BCUT2D eigenvalue weighted by Crippen LogP contribution is 2.37. The first kappa shape index (κ1) is 10.8. The number of rotatable bonds is 3. The van der Waals surface area contributed by atoms with Crippen LogP contribution < -0.4 is 10.5 Å². The van der Waals surface area contributed by atoms with Gasteiger partial charge in [0.25, 0.3) is 0 Å². The van der Waals surface area contributed by atoms with E-state index in [0.29, 0.717) is 5.02 Å². The fourth-order valence-corrected chi connectivity index (χ4v) is 2.27. The van der Waals surface area contributed by atoms with Crippen LogP contribution in [0.5, 0.6) is 5.75 Å². The number of hydrogen-bond donors (Lipinski definition) is 1. The second-order valence-corrected chi connectivity index (χ2v) is 4.87. The second-order valence-electron chi connectivity index (χ2n) is 4.47. The number of hydrogen-bond acceptors (Lipinski definition) is 2. The average Bonchev–Trinajstić information content (AvgIpc) is 2.82. The van der Waals surface area contributed by atoms with E-state index < -0.39 is 0 Å². The van der Waals surface area contributed by atoms with Crippen molar-refractivity contribution in [2.24, 2.45) is 5.73 Å². The van der Waals surface area contributed by atoms with Crippen molar-refractivity contribution in [3.05, 3.63) is 28.3 Å². The van der Waals surface area contributed by atoms with E-state index in [1.54, 1.807) is 7.11 Å². The molecule has 0 radical (unpaired) electrons. The molecular weight excluding hydrogens is 210 g/mol. The minimum absolute atomic E-state index is 0.0321. The summed E-state index contributed by atoms with van der Waals surface area (Å²) in [7, 11) is 1.64. The van der Waals surface area contributed by atoms with E-state index >= 15 is 0 Å². The summed E-state index contributed by atoms with van der Waals surface area (Å²) < 4.78 is 5.21. The van der Waals surface area contributed by atoms with E-state index in [1.165, 1.54) is 5.56 Å². The van der Waals surface area contributed by atoms with Gasteiger partial charge in [0.1, 0.15) is 5.75 Å². The van der Waals surface area contributed by atoms with Crippen LogP contribution >= 0.6 is 11.6 Å². The molecule has 1 aromatic carbocycles. The van der Waals surface area contributed by atoms with Crippen LogP contribution in [0.25, 0.3) is 0 Å². The summed E-state index contributed by atoms with van der Waals surface area (Å²) in [4.78, 5) is 0. The zero-order valence-electron chi connectivity index (χ0n) is 9.14. The van der Waals surface area contributed by atoms with Crippen LogP contribution in [0.4, 0.5) is 0 Å². The molecule has 0 amide bonds.